The molecule has 5 nitrogen and oxygen atoms in total. The van der Waals surface area contributed by atoms with Gasteiger partial charge in [0.15, 0.2) is 0 Å². The number of carbonyl (C=O) groups is 1. The van der Waals surface area contributed by atoms with Crippen LogP contribution in [0.5, 0.6) is 0 Å². The Kier molecular flexibility index (Phi) is 3.35. The minimum atomic E-state index is -2.03. The van der Waals surface area contributed by atoms with Crippen molar-refractivity contribution < 1.29 is 19.5 Å². The van der Waals surface area contributed by atoms with Crippen LogP contribution in [0.2, 0.25) is 0 Å². The lowest BCUT2D eigenvalue weighted by Gasteiger charge is -2.17. The van der Waals surface area contributed by atoms with Gasteiger partial charge in [-0.1, -0.05) is 47.6 Å². The Labute approximate surface area is 121 Å². The van der Waals surface area contributed by atoms with Crippen molar-refractivity contribution >= 4 is 22.5 Å². The predicted octanol–water partition coefficient (Wildman–Crippen LogP) is 2.22. The normalized spacial score (nSPS) is 21.0. The number of hydrogen-bond acceptors (Lipinski definition) is 5. The van der Waals surface area contributed by atoms with Gasteiger partial charge in [0, 0.05) is 5.56 Å². The highest BCUT2D eigenvalue weighted by molar-refractivity contribution is 6.12. The number of ether oxygens (including phenoxy) is 1. The fourth-order valence-electron chi connectivity index (χ4n) is 2.40. The zero-order chi connectivity index (χ0) is 14.9. The van der Waals surface area contributed by atoms with Crippen molar-refractivity contribution in [1.82, 2.24) is 0 Å². The largest absolute Gasteiger partial charge is 0.461 e. The number of fused-ring (bicyclic) bond motifs is 1. The summed E-state index contributed by atoms with van der Waals surface area (Å²) in [6.07, 6.45) is -0.0279. The summed E-state index contributed by atoms with van der Waals surface area (Å²) < 4.78 is 4.81. The van der Waals surface area contributed by atoms with Gasteiger partial charge in [-0.05, 0) is 17.7 Å². The predicted molar refractivity (Wildman–Crippen MR) is 77.8 cm³/mol. The molecule has 0 saturated heterocycles. The first-order valence-electron chi connectivity index (χ1n) is 6.77. The molecular formula is C16H15NO4. The number of oxime groups is 1. The molecule has 0 amide bonds. The standard InChI is InChI=1S/C16H15NO4/c1-2-20-15(18)16(19)10-14(17-21-16)13-9-5-7-11-6-3-4-8-12(11)13/h3-9,19H,2,10H2,1H3. The molecule has 1 atom stereocenters. The SMILES string of the molecule is CCOC(=O)C1(O)CC(c2cccc3ccccc23)=NO1. The van der Waals surface area contributed by atoms with Gasteiger partial charge in [0.05, 0.1) is 18.7 Å². The zero-order valence-corrected chi connectivity index (χ0v) is 11.6. The average Bonchev–Trinajstić information content (AvgIpc) is 2.91. The van der Waals surface area contributed by atoms with Gasteiger partial charge in [-0.3, -0.25) is 0 Å². The van der Waals surface area contributed by atoms with E-state index in [4.69, 9.17) is 9.57 Å². The number of rotatable bonds is 3. The van der Waals surface area contributed by atoms with Crippen LogP contribution in [0.3, 0.4) is 0 Å². The molecule has 0 radical (unpaired) electrons. The third kappa shape index (κ3) is 2.36. The lowest BCUT2D eigenvalue weighted by molar-refractivity contribution is -0.218. The van der Waals surface area contributed by atoms with Gasteiger partial charge in [0.25, 0.3) is 0 Å². The van der Waals surface area contributed by atoms with E-state index in [0.29, 0.717) is 5.71 Å². The maximum Gasteiger partial charge on any atom is 0.382 e. The molecule has 2 aromatic rings. The van der Waals surface area contributed by atoms with E-state index in [9.17, 15) is 9.90 Å². The smallest absolute Gasteiger partial charge is 0.382 e. The molecule has 1 aliphatic heterocycles. The fraction of sp³-hybridized carbons (Fsp3) is 0.250. The van der Waals surface area contributed by atoms with Crippen LogP contribution in [0.25, 0.3) is 10.8 Å². The molecule has 0 fully saturated rings. The summed E-state index contributed by atoms with van der Waals surface area (Å²) in [5, 5.41) is 16.1. The van der Waals surface area contributed by atoms with Crippen LogP contribution in [0, 0.1) is 0 Å². The lowest BCUT2D eigenvalue weighted by Crippen LogP contribution is -2.40. The average molecular weight is 285 g/mol. The summed E-state index contributed by atoms with van der Waals surface area (Å²) in [4.78, 5) is 16.7. The number of esters is 1. The van der Waals surface area contributed by atoms with E-state index in [0.717, 1.165) is 16.3 Å². The van der Waals surface area contributed by atoms with E-state index in [2.05, 4.69) is 5.16 Å². The van der Waals surface area contributed by atoms with Crippen molar-refractivity contribution in [2.45, 2.75) is 19.1 Å². The molecule has 2 aromatic carbocycles. The number of benzene rings is 2. The van der Waals surface area contributed by atoms with Crippen molar-refractivity contribution in [1.29, 1.82) is 0 Å². The molecule has 0 spiro atoms. The van der Waals surface area contributed by atoms with Gasteiger partial charge >= 0.3 is 11.8 Å². The van der Waals surface area contributed by atoms with Gasteiger partial charge in [0.2, 0.25) is 0 Å². The first kappa shape index (κ1) is 13.6. The minimum absolute atomic E-state index is 0.0279. The first-order chi connectivity index (χ1) is 10.1. The molecular weight excluding hydrogens is 270 g/mol. The second-order valence-corrected chi connectivity index (χ2v) is 4.84. The van der Waals surface area contributed by atoms with Gasteiger partial charge in [-0.25, -0.2) is 4.79 Å². The Balaban J connectivity index is 1.94. The zero-order valence-electron chi connectivity index (χ0n) is 11.6. The Morgan fingerprint density at radius 1 is 1.33 bits per heavy atom. The minimum Gasteiger partial charge on any atom is -0.461 e. The van der Waals surface area contributed by atoms with Crippen LogP contribution >= 0.6 is 0 Å². The summed E-state index contributed by atoms with van der Waals surface area (Å²) >= 11 is 0. The molecule has 1 heterocycles. The van der Waals surface area contributed by atoms with Gasteiger partial charge in [0.1, 0.15) is 0 Å². The summed E-state index contributed by atoms with van der Waals surface area (Å²) in [5.74, 6) is -2.84. The van der Waals surface area contributed by atoms with E-state index in [1.807, 2.05) is 42.5 Å². The van der Waals surface area contributed by atoms with Crippen LogP contribution in [0.15, 0.2) is 47.6 Å². The maximum absolute atomic E-state index is 11.7. The van der Waals surface area contributed by atoms with E-state index in [1.54, 1.807) is 6.92 Å². The van der Waals surface area contributed by atoms with E-state index in [1.165, 1.54) is 0 Å². The molecule has 3 rings (SSSR count). The molecule has 0 bridgehead atoms. The molecule has 5 heteroatoms. The first-order valence-corrected chi connectivity index (χ1v) is 6.77. The number of aliphatic hydroxyl groups is 1. The number of nitrogens with zero attached hydrogens (tertiary/aromatic N) is 1. The highest BCUT2D eigenvalue weighted by Crippen LogP contribution is 2.29. The summed E-state index contributed by atoms with van der Waals surface area (Å²) in [5.41, 5.74) is 1.37. The Morgan fingerprint density at radius 3 is 2.90 bits per heavy atom. The highest BCUT2D eigenvalue weighted by Gasteiger charge is 2.46. The van der Waals surface area contributed by atoms with Crippen LogP contribution < -0.4 is 0 Å². The monoisotopic (exact) mass is 285 g/mol. The van der Waals surface area contributed by atoms with Crippen LogP contribution in [0.4, 0.5) is 0 Å². The van der Waals surface area contributed by atoms with Gasteiger partial charge < -0.3 is 14.7 Å². The molecule has 1 unspecified atom stereocenters. The lowest BCUT2D eigenvalue weighted by atomic mass is 9.97. The van der Waals surface area contributed by atoms with E-state index in [-0.39, 0.29) is 13.0 Å². The third-order valence-corrected chi connectivity index (χ3v) is 3.41. The molecule has 108 valence electrons. The molecule has 21 heavy (non-hydrogen) atoms. The topological polar surface area (TPSA) is 68.1 Å². The molecule has 0 aliphatic carbocycles. The molecule has 0 aromatic heterocycles. The van der Waals surface area contributed by atoms with Crippen molar-refractivity contribution in [3.8, 4) is 0 Å². The molecule has 0 saturated carbocycles. The fourth-order valence-corrected chi connectivity index (χ4v) is 2.40. The van der Waals surface area contributed by atoms with E-state index >= 15 is 0 Å². The van der Waals surface area contributed by atoms with Crippen LogP contribution in [-0.4, -0.2) is 29.2 Å². The molecule has 1 aliphatic rings. The Bertz CT molecular complexity index is 720. The third-order valence-electron chi connectivity index (χ3n) is 3.41. The summed E-state index contributed by atoms with van der Waals surface area (Å²) in [6, 6.07) is 13.6. The molecule has 1 N–H and O–H groups in total. The summed E-state index contributed by atoms with van der Waals surface area (Å²) in [7, 11) is 0. The Hall–Kier alpha value is -2.40. The van der Waals surface area contributed by atoms with Crippen molar-refractivity contribution in [3.05, 3.63) is 48.0 Å². The second kappa shape index (κ2) is 5.18. The quantitative estimate of drug-likeness (QED) is 0.878. The number of hydrogen-bond donors (Lipinski definition) is 1. The van der Waals surface area contributed by atoms with Gasteiger partial charge in [-0.2, -0.15) is 0 Å². The number of carbonyl (C=O) groups excluding carboxylic acids is 1. The Morgan fingerprint density at radius 2 is 2.10 bits per heavy atom. The second-order valence-electron chi connectivity index (χ2n) is 4.84. The van der Waals surface area contributed by atoms with Crippen molar-refractivity contribution in [2.24, 2.45) is 5.16 Å². The van der Waals surface area contributed by atoms with Crippen molar-refractivity contribution in [2.75, 3.05) is 6.61 Å². The van der Waals surface area contributed by atoms with Crippen LogP contribution in [-0.2, 0) is 14.4 Å². The maximum atomic E-state index is 11.7. The van der Waals surface area contributed by atoms with Crippen LogP contribution in [0.1, 0.15) is 18.9 Å². The highest BCUT2D eigenvalue weighted by atomic mass is 16.8. The van der Waals surface area contributed by atoms with Gasteiger partial charge in [-0.15, -0.1) is 0 Å². The van der Waals surface area contributed by atoms with Crippen molar-refractivity contribution in [3.63, 3.8) is 0 Å². The summed E-state index contributed by atoms with van der Waals surface area (Å²) in [6.45, 7) is 1.84. The van der Waals surface area contributed by atoms with E-state index < -0.39 is 11.8 Å².